The standard InChI is InChI=1S/C7H9NO2/c8-7(10)5-3-1-2-4-6(5)9/h1-3,6,9H,4H2,(H2,8,10). The first-order valence-corrected chi connectivity index (χ1v) is 3.06. The average molecular weight is 139 g/mol. The second kappa shape index (κ2) is 2.66. The Balaban J connectivity index is 2.80. The van der Waals surface area contributed by atoms with Crippen LogP contribution in [0.5, 0.6) is 0 Å². The Kier molecular flexibility index (Phi) is 1.87. The van der Waals surface area contributed by atoms with Crippen molar-refractivity contribution in [1.82, 2.24) is 0 Å². The molecule has 3 heteroatoms. The lowest BCUT2D eigenvalue weighted by atomic mass is 10.0. The summed E-state index contributed by atoms with van der Waals surface area (Å²) in [4.78, 5) is 10.5. The van der Waals surface area contributed by atoms with E-state index in [0.717, 1.165) is 0 Å². The zero-order chi connectivity index (χ0) is 7.56. The van der Waals surface area contributed by atoms with Gasteiger partial charge in [0.2, 0.25) is 5.91 Å². The molecule has 1 rings (SSSR count). The highest BCUT2D eigenvalue weighted by molar-refractivity contribution is 5.93. The maximum absolute atomic E-state index is 10.5. The lowest BCUT2D eigenvalue weighted by Crippen LogP contribution is -2.24. The number of allylic oxidation sites excluding steroid dienone is 2. The van der Waals surface area contributed by atoms with Gasteiger partial charge in [-0.15, -0.1) is 0 Å². The molecule has 10 heavy (non-hydrogen) atoms. The summed E-state index contributed by atoms with van der Waals surface area (Å²) in [6.45, 7) is 0. The molecule has 3 nitrogen and oxygen atoms in total. The number of nitrogens with two attached hydrogens (primary N) is 1. The van der Waals surface area contributed by atoms with E-state index in [-0.39, 0.29) is 0 Å². The highest BCUT2D eigenvalue weighted by atomic mass is 16.3. The molecule has 1 unspecified atom stereocenters. The van der Waals surface area contributed by atoms with Crippen LogP contribution in [-0.4, -0.2) is 17.1 Å². The van der Waals surface area contributed by atoms with Crippen molar-refractivity contribution >= 4 is 5.91 Å². The first-order chi connectivity index (χ1) is 4.72. The summed E-state index contributed by atoms with van der Waals surface area (Å²) >= 11 is 0. The lowest BCUT2D eigenvalue weighted by molar-refractivity contribution is -0.115. The van der Waals surface area contributed by atoms with Gasteiger partial charge in [-0.1, -0.05) is 18.2 Å². The van der Waals surface area contributed by atoms with Crippen LogP contribution < -0.4 is 5.73 Å². The molecule has 54 valence electrons. The predicted octanol–water partition coefficient (Wildman–Crippen LogP) is -0.281. The largest absolute Gasteiger partial charge is 0.388 e. The molecule has 3 N–H and O–H groups in total. The van der Waals surface area contributed by atoms with Gasteiger partial charge in [0.1, 0.15) is 0 Å². The molecule has 1 aliphatic rings. The Bertz CT molecular complexity index is 206. The molecule has 0 saturated heterocycles. The molecule has 0 aromatic heterocycles. The SMILES string of the molecule is NC(=O)C1=CC=CCC1O. The Morgan fingerprint density at radius 1 is 1.80 bits per heavy atom. The van der Waals surface area contributed by atoms with Crippen LogP contribution >= 0.6 is 0 Å². The van der Waals surface area contributed by atoms with Crippen molar-refractivity contribution in [3.8, 4) is 0 Å². The van der Waals surface area contributed by atoms with Gasteiger partial charge in [0, 0.05) is 5.57 Å². The summed E-state index contributed by atoms with van der Waals surface area (Å²) in [5.41, 5.74) is 5.25. The van der Waals surface area contributed by atoms with Gasteiger partial charge in [0.25, 0.3) is 0 Å². The number of primary amides is 1. The summed E-state index contributed by atoms with van der Waals surface area (Å²) in [5, 5.41) is 9.12. The molecular weight excluding hydrogens is 130 g/mol. The van der Waals surface area contributed by atoms with E-state index in [1.54, 1.807) is 12.2 Å². The zero-order valence-corrected chi connectivity index (χ0v) is 5.45. The molecule has 0 saturated carbocycles. The maximum atomic E-state index is 10.5. The van der Waals surface area contributed by atoms with E-state index in [0.29, 0.717) is 12.0 Å². The van der Waals surface area contributed by atoms with Gasteiger partial charge in [-0.25, -0.2) is 0 Å². The van der Waals surface area contributed by atoms with E-state index >= 15 is 0 Å². The van der Waals surface area contributed by atoms with Crippen LogP contribution in [0.15, 0.2) is 23.8 Å². The molecule has 0 fully saturated rings. The molecule has 0 aromatic carbocycles. The van der Waals surface area contributed by atoms with E-state index in [1.165, 1.54) is 6.08 Å². The van der Waals surface area contributed by atoms with E-state index in [4.69, 9.17) is 10.8 Å². The van der Waals surface area contributed by atoms with Crippen LogP contribution in [0.25, 0.3) is 0 Å². The maximum Gasteiger partial charge on any atom is 0.247 e. The van der Waals surface area contributed by atoms with Crippen LogP contribution in [-0.2, 0) is 4.79 Å². The molecular formula is C7H9NO2. The highest BCUT2D eigenvalue weighted by Gasteiger charge is 2.15. The molecule has 1 atom stereocenters. The Hall–Kier alpha value is -1.09. The summed E-state index contributed by atoms with van der Waals surface area (Å²) in [6, 6.07) is 0. The number of hydrogen-bond donors (Lipinski definition) is 2. The van der Waals surface area contributed by atoms with Gasteiger partial charge in [-0.2, -0.15) is 0 Å². The molecule has 0 bridgehead atoms. The van der Waals surface area contributed by atoms with E-state index in [1.807, 2.05) is 0 Å². The summed E-state index contributed by atoms with van der Waals surface area (Å²) < 4.78 is 0. The topological polar surface area (TPSA) is 63.3 Å². The number of aliphatic hydroxyl groups excluding tert-OH is 1. The highest BCUT2D eigenvalue weighted by Crippen LogP contribution is 2.11. The number of carbonyl (C=O) groups is 1. The Morgan fingerprint density at radius 2 is 2.50 bits per heavy atom. The molecule has 0 spiro atoms. The summed E-state index contributed by atoms with van der Waals surface area (Å²) in [5.74, 6) is -0.545. The van der Waals surface area contributed by atoms with Gasteiger partial charge < -0.3 is 10.8 Å². The number of aliphatic hydroxyl groups is 1. The molecule has 0 radical (unpaired) electrons. The van der Waals surface area contributed by atoms with Crippen molar-refractivity contribution in [1.29, 1.82) is 0 Å². The van der Waals surface area contributed by atoms with Crippen molar-refractivity contribution in [2.75, 3.05) is 0 Å². The first kappa shape index (κ1) is 7.02. The lowest BCUT2D eigenvalue weighted by Gasteiger charge is -2.11. The van der Waals surface area contributed by atoms with E-state index in [9.17, 15) is 4.79 Å². The van der Waals surface area contributed by atoms with E-state index in [2.05, 4.69) is 0 Å². The van der Waals surface area contributed by atoms with Crippen molar-refractivity contribution in [2.45, 2.75) is 12.5 Å². The zero-order valence-electron chi connectivity index (χ0n) is 5.45. The monoisotopic (exact) mass is 139 g/mol. The van der Waals surface area contributed by atoms with Gasteiger partial charge in [-0.3, -0.25) is 4.79 Å². The normalized spacial score (nSPS) is 24.1. The molecule has 0 aromatic rings. The molecule has 0 aliphatic heterocycles. The molecule has 0 heterocycles. The summed E-state index contributed by atoms with van der Waals surface area (Å²) in [6.07, 6.45) is 4.82. The van der Waals surface area contributed by atoms with Gasteiger partial charge in [0.05, 0.1) is 6.10 Å². The fourth-order valence-electron chi connectivity index (χ4n) is 0.864. The number of amides is 1. The molecule has 1 amide bonds. The van der Waals surface area contributed by atoms with Crippen molar-refractivity contribution in [2.24, 2.45) is 5.73 Å². The van der Waals surface area contributed by atoms with Crippen molar-refractivity contribution in [3.05, 3.63) is 23.8 Å². The first-order valence-electron chi connectivity index (χ1n) is 3.06. The number of carbonyl (C=O) groups excluding carboxylic acids is 1. The third-order valence-corrected chi connectivity index (χ3v) is 1.41. The third-order valence-electron chi connectivity index (χ3n) is 1.41. The van der Waals surface area contributed by atoms with Gasteiger partial charge in [-0.05, 0) is 6.42 Å². The summed E-state index contributed by atoms with van der Waals surface area (Å²) in [7, 11) is 0. The Labute approximate surface area is 58.8 Å². The van der Waals surface area contributed by atoms with Gasteiger partial charge >= 0.3 is 0 Å². The minimum atomic E-state index is -0.706. The molecule has 1 aliphatic carbocycles. The second-order valence-corrected chi connectivity index (χ2v) is 2.17. The Morgan fingerprint density at radius 3 is 2.90 bits per heavy atom. The van der Waals surface area contributed by atoms with Gasteiger partial charge in [0.15, 0.2) is 0 Å². The van der Waals surface area contributed by atoms with Crippen LogP contribution in [0.4, 0.5) is 0 Å². The van der Waals surface area contributed by atoms with Crippen LogP contribution in [0, 0.1) is 0 Å². The predicted molar refractivity (Wildman–Crippen MR) is 37.0 cm³/mol. The fourth-order valence-corrected chi connectivity index (χ4v) is 0.864. The van der Waals surface area contributed by atoms with Crippen molar-refractivity contribution < 1.29 is 9.90 Å². The minimum absolute atomic E-state index is 0.294. The second-order valence-electron chi connectivity index (χ2n) is 2.17. The third kappa shape index (κ3) is 1.25. The minimum Gasteiger partial charge on any atom is -0.388 e. The van der Waals surface area contributed by atoms with Crippen molar-refractivity contribution in [3.63, 3.8) is 0 Å². The average Bonchev–Trinajstić information content (AvgIpc) is 1.88. The van der Waals surface area contributed by atoms with E-state index < -0.39 is 12.0 Å². The number of hydrogen-bond acceptors (Lipinski definition) is 2. The van der Waals surface area contributed by atoms with Crippen LogP contribution in [0.2, 0.25) is 0 Å². The fraction of sp³-hybridized carbons (Fsp3) is 0.286. The van der Waals surface area contributed by atoms with Crippen LogP contribution in [0.3, 0.4) is 0 Å². The van der Waals surface area contributed by atoms with Crippen LogP contribution in [0.1, 0.15) is 6.42 Å². The smallest absolute Gasteiger partial charge is 0.247 e. The quantitative estimate of drug-likeness (QED) is 0.524. The number of rotatable bonds is 1.